The van der Waals surface area contributed by atoms with E-state index in [1.54, 1.807) is 30.5 Å². The molecule has 0 unspecified atom stereocenters. The average Bonchev–Trinajstić information content (AvgIpc) is 2.93. The number of hydrogen-bond donors (Lipinski definition) is 2. The van der Waals surface area contributed by atoms with Crippen LogP contribution in [-0.4, -0.2) is 30.3 Å². The number of carbonyl (C=O) groups is 1. The fraction of sp³-hybridized carbons (Fsp3) is 0.100. The predicted octanol–water partition coefficient (Wildman–Crippen LogP) is 3.19. The molecule has 1 aromatic heterocycles. The first kappa shape index (κ1) is 19.5. The number of nitrogens with two attached hydrogens (primary N) is 1. The van der Waals surface area contributed by atoms with Crippen molar-refractivity contribution in [2.24, 2.45) is 10.1 Å². The Morgan fingerprint density at radius 1 is 1.11 bits per heavy atom. The van der Waals surface area contributed by atoms with Gasteiger partial charge >= 0.3 is 5.97 Å². The number of rotatable bonds is 5. The van der Waals surface area contributed by atoms with Gasteiger partial charge in [-0.15, -0.1) is 0 Å². The van der Waals surface area contributed by atoms with Crippen molar-refractivity contribution in [3.63, 3.8) is 0 Å². The minimum Gasteiger partial charge on any atom is -0.478 e. The lowest BCUT2D eigenvalue weighted by Gasteiger charge is -2.10. The van der Waals surface area contributed by atoms with E-state index in [0.29, 0.717) is 5.69 Å². The van der Waals surface area contributed by atoms with Crippen LogP contribution in [-0.2, 0) is 10.0 Å². The number of aromatic nitrogens is 1. The maximum Gasteiger partial charge on any atom is 0.335 e. The van der Waals surface area contributed by atoms with Crippen LogP contribution in [0.5, 0.6) is 0 Å². The predicted molar refractivity (Wildman–Crippen MR) is 107 cm³/mol. The Hall–Kier alpha value is -3.23. The zero-order valence-corrected chi connectivity index (χ0v) is 16.1. The van der Waals surface area contributed by atoms with Gasteiger partial charge in [-0.25, -0.2) is 18.4 Å². The molecule has 0 bridgehead atoms. The van der Waals surface area contributed by atoms with E-state index in [1.165, 1.54) is 24.3 Å². The molecule has 0 aliphatic heterocycles. The molecule has 0 aliphatic carbocycles. The molecule has 3 aromatic rings. The van der Waals surface area contributed by atoms with E-state index in [2.05, 4.69) is 4.99 Å². The van der Waals surface area contributed by atoms with Gasteiger partial charge in [-0.2, -0.15) is 0 Å². The topological polar surface area (TPSA) is 115 Å². The summed E-state index contributed by atoms with van der Waals surface area (Å²) in [5, 5.41) is 14.2. The first-order valence-electron chi connectivity index (χ1n) is 8.36. The first-order valence-corrected chi connectivity index (χ1v) is 9.91. The average molecular weight is 397 g/mol. The number of benzene rings is 2. The Kier molecular flexibility index (Phi) is 5.17. The number of carboxylic acid groups (broad SMARTS) is 1. The van der Waals surface area contributed by atoms with Crippen LogP contribution in [0.3, 0.4) is 0 Å². The van der Waals surface area contributed by atoms with Gasteiger partial charge in [0.15, 0.2) is 0 Å². The molecule has 3 N–H and O–H groups in total. The van der Waals surface area contributed by atoms with E-state index < -0.39 is 16.0 Å². The third-order valence-electron chi connectivity index (χ3n) is 4.34. The lowest BCUT2D eigenvalue weighted by Crippen LogP contribution is -2.12. The SMILES string of the molecule is Cc1cc(C=Nc2cccc(C(=O)O)c2)c(C)n1-c1ccc(S(N)(=O)=O)cc1. The third kappa shape index (κ3) is 4.03. The van der Waals surface area contributed by atoms with Crippen LogP contribution in [0.15, 0.2) is 64.5 Å². The fourth-order valence-corrected chi connectivity index (χ4v) is 3.48. The maximum atomic E-state index is 11.4. The minimum atomic E-state index is -3.74. The largest absolute Gasteiger partial charge is 0.478 e. The molecule has 0 radical (unpaired) electrons. The standard InChI is InChI=1S/C20H19N3O4S/c1-13-10-16(12-22-17-5-3-4-15(11-17)20(24)25)14(2)23(13)18-6-8-19(9-7-18)28(21,26)27/h3-12H,1-2H3,(H,24,25)(H2,21,26,27). The second-order valence-corrected chi connectivity index (χ2v) is 7.88. The molecule has 0 spiro atoms. The first-order chi connectivity index (χ1) is 13.2. The highest BCUT2D eigenvalue weighted by Gasteiger charge is 2.12. The molecule has 0 fully saturated rings. The van der Waals surface area contributed by atoms with E-state index in [9.17, 15) is 13.2 Å². The van der Waals surface area contributed by atoms with E-state index in [-0.39, 0.29) is 10.5 Å². The second kappa shape index (κ2) is 7.41. The van der Waals surface area contributed by atoms with E-state index in [4.69, 9.17) is 10.2 Å². The van der Waals surface area contributed by atoms with Crippen LogP contribution in [0.2, 0.25) is 0 Å². The lowest BCUT2D eigenvalue weighted by atomic mass is 10.2. The highest BCUT2D eigenvalue weighted by molar-refractivity contribution is 7.89. The van der Waals surface area contributed by atoms with Gasteiger partial charge in [0.05, 0.1) is 16.1 Å². The summed E-state index contributed by atoms with van der Waals surface area (Å²) >= 11 is 0. The van der Waals surface area contributed by atoms with Crippen molar-refractivity contribution in [2.45, 2.75) is 18.7 Å². The smallest absolute Gasteiger partial charge is 0.335 e. The number of aromatic carboxylic acids is 1. The van der Waals surface area contributed by atoms with Crippen LogP contribution in [0.4, 0.5) is 5.69 Å². The summed E-state index contributed by atoms with van der Waals surface area (Å²) in [7, 11) is -3.74. The summed E-state index contributed by atoms with van der Waals surface area (Å²) in [6.45, 7) is 3.86. The van der Waals surface area contributed by atoms with E-state index >= 15 is 0 Å². The third-order valence-corrected chi connectivity index (χ3v) is 5.27. The number of hydrogen-bond acceptors (Lipinski definition) is 4. The number of primary sulfonamides is 1. The number of nitrogens with zero attached hydrogens (tertiary/aromatic N) is 2. The van der Waals surface area contributed by atoms with Crippen LogP contribution >= 0.6 is 0 Å². The normalized spacial score (nSPS) is 11.8. The Bertz CT molecular complexity index is 1180. The van der Waals surface area contributed by atoms with Crippen LogP contribution in [0.1, 0.15) is 27.3 Å². The molecule has 0 aliphatic rings. The highest BCUT2D eigenvalue weighted by Crippen LogP contribution is 2.22. The van der Waals surface area contributed by atoms with Crippen molar-refractivity contribution >= 4 is 27.9 Å². The monoisotopic (exact) mass is 397 g/mol. The van der Waals surface area contributed by atoms with Gasteiger partial charge in [0.1, 0.15) is 0 Å². The van der Waals surface area contributed by atoms with E-state index in [0.717, 1.165) is 22.6 Å². The summed E-state index contributed by atoms with van der Waals surface area (Å²) in [6, 6.07) is 14.7. The number of aliphatic imine (C=N–C) groups is 1. The van der Waals surface area contributed by atoms with Crippen molar-refractivity contribution in [3.8, 4) is 5.69 Å². The molecule has 2 aromatic carbocycles. The molecule has 0 saturated carbocycles. The van der Waals surface area contributed by atoms with Crippen LogP contribution < -0.4 is 5.14 Å². The number of aryl methyl sites for hydroxylation is 1. The molecule has 1 heterocycles. The highest BCUT2D eigenvalue weighted by atomic mass is 32.2. The van der Waals surface area contributed by atoms with Gasteiger partial charge in [-0.3, -0.25) is 4.99 Å². The molecule has 8 heteroatoms. The summed E-state index contributed by atoms with van der Waals surface area (Å²) in [5.41, 5.74) is 4.25. The van der Waals surface area contributed by atoms with Crippen LogP contribution in [0.25, 0.3) is 5.69 Å². The zero-order valence-electron chi connectivity index (χ0n) is 15.3. The zero-order chi connectivity index (χ0) is 20.5. The molecule has 0 amide bonds. The molecule has 7 nitrogen and oxygen atoms in total. The van der Waals surface area contributed by atoms with Crippen molar-refractivity contribution in [3.05, 3.63) is 77.1 Å². The molecule has 3 rings (SSSR count). The molecular formula is C20H19N3O4S. The molecule has 0 saturated heterocycles. The van der Waals surface area contributed by atoms with Crippen LogP contribution in [0, 0.1) is 13.8 Å². The van der Waals surface area contributed by atoms with Crippen molar-refractivity contribution < 1.29 is 18.3 Å². The number of sulfonamides is 1. The molecular weight excluding hydrogens is 378 g/mol. The van der Waals surface area contributed by atoms with Gasteiger partial charge in [-0.05, 0) is 62.4 Å². The van der Waals surface area contributed by atoms with Gasteiger partial charge < -0.3 is 9.67 Å². The summed E-state index contributed by atoms with van der Waals surface area (Å²) in [6.07, 6.45) is 1.68. The minimum absolute atomic E-state index is 0.0545. The summed E-state index contributed by atoms with van der Waals surface area (Å²) < 4.78 is 24.8. The van der Waals surface area contributed by atoms with Crippen molar-refractivity contribution in [1.82, 2.24) is 4.57 Å². The van der Waals surface area contributed by atoms with Gasteiger partial charge in [0.25, 0.3) is 0 Å². The maximum absolute atomic E-state index is 11.4. The summed E-state index contributed by atoms with van der Waals surface area (Å²) in [4.78, 5) is 15.5. The van der Waals surface area contributed by atoms with Crippen molar-refractivity contribution in [1.29, 1.82) is 0 Å². The molecule has 28 heavy (non-hydrogen) atoms. The number of carboxylic acids is 1. The van der Waals surface area contributed by atoms with E-state index in [1.807, 2.05) is 24.5 Å². The summed E-state index contributed by atoms with van der Waals surface area (Å²) in [5.74, 6) is -1.00. The Morgan fingerprint density at radius 3 is 2.39 bits per heavy atom. The molecule has 144 valence electrons. The van der Waals surface area contributed by atoms with Gasteiger partial charge in [0.2, 0.25) is 10.0 Å². The van der Waals surface area contributed by atoms with Gasteiger partial charge in [0, 0.05) is 28.9 Å². The lowest BCUT2D eigenvalue weighted by molar-refractivity contribution is 0.0697. The van der Waals surface area contributed by atoms with Crippen molar-refractivity contribution in [2.75, 3.05) is 0 Å². The van der Waals surface area contributed by atoms with Gasteiger partial charge in [-0.1, -0.05) is 6.07 Å². The quantitative estimate of drug-likeness (QED) is 0.643. The Labute approximate surface area is 162 Å². The molecule has 0 atom stereocenters. The second-order valence-electron chi connectivity index (χ2n) is 6.31. The Morgan fingerprint density at radius 2 is 1.79 bits per heavy atom. The fourth-order valence-electron chi connectivity index (χ4n) is 2.96. The Balaban J connectivity index is 1.94.